The number of aromatic amines is 2. The SMILES string of the molecule is CC(C)CCc1nc2c([nH]1)c(=O)[nH]c(=O)n2C. The van der Waals surface area contributed by atoms with Gasteiger partial charge in [-0.3, -0.25) is 14.3 Å². The average Bonchev–Trinajstić information content (AvgIpc) is 2.68. The minimum atomic E-state index is -0.440. The summed E-state index contributed by atoms with van der Waals surface area (Å²) in [6.07, 6.45) is 1.77. The summed E-state index contributed by atoms with van der Waals surface area (Å²) < 4.78 is 1.34. The van der Waals surface area contributed by atoms with Gasteiger partial charge < -0.3 is 4.98 Å². The van der Waals surface area contributed by atoms with Gasteiger partial charge in [0.15, 0.2) is 5.65 Å². The van der Waals surface area contributed by atoms with Gasteiger partial charge in [-0.2, -0.15) is 0 Å². The third kappa shape index (κ3) is 2.15. The zero-order valence-electron chi connectivity index (χ0n) is 10.2. The Morgan fingerprint density at radius 2 is 2.00 bits per heavy atom. The fourth-order valence-electron chi connectivity index (χ4n) is 1.70. The van der Waals surface area contributed by atoms with Crippen LogP contribution in [0.5, 0.6) is 0 Å². The molecule has 0 atom stereocenters. The van der Waals surface area contributed by atoms with E-state index in [1.165, 1.54) is 4.57 Å². The number of fused-ring (bicyclic) bond motifs is 1. The molecule has 17 heavy (non-hydrogen) atoms. The zero-order valence-corrected chi connectivity index (χ0v) is 10.2. The molecule has 0 fully saturated rings. The average molecular weight is 236 g/mol. The number of H-pyrrole nitrogens is 2. The van der Waals surface area contributed by atoms with Crippen molar-refractivity contribution >= 4 is 11.2 Å². The normalized spacial score (nSPS) is 11.5. The summed E-state index contributed by atoms with van der Waals surface area (Å²) in [5.74, 6) is 1.32. The number of aryl methyl sites for hydroxylation is 2. The van der Waals surface area contributed by atoms with Crippen molar-refractivity contribution < 1.29 is 0 Å². The molecule has 0 saturated carbocycles. The fourth-order valence-corrected chi connectivity index (χ4v) is 1.70. The third-order valence-corrected chi connectivity index (χ3v) is 2.76. The zero-order chi connectivity index (χ0) is 12.6. The maximum Gasteiger partial charge on any atom is 0.329 e. The largest absolute Gasteiger partial charge is 0.336 e. The highest BCUT2D eigenvalue weighted by Gasteiger charge is 2.10. The quantitative estimate of drug-likeness (QED) is 0.815. The summed E-state index contributed by atoms with van der Waals surface area (Å²) in [6, 6.07) is 0. The standard InChI is InChI=1S/C11H16N4O2/c1-6(2)4-5-7-12-8-9(13-7)15(3)11(17)14-10(8)16/h6H,4-5H2,1-3H3,(H,12,13)(H,14,16,17). The van der Waals surface area contributed by atoms with Crippen LogP contribution in [0.3, 0.4) is 0 Å². The van der Waals surface area contributed by atoms with E-state index < -0.39 is 11.2 Å². The van der Waals surface area contributed by atoms with E-state index in [1.807, 2.05) is 0 Å². The van der Waals surface area contributed by atoms with Crippen molar-refractivity contribution in [1.82, 2.24) is 19.5 Å². The summed E-state index contributed by atoms with van der Waals surface area (Å²) >= 11 is 0. The molecule has 0 spiro atoms. The van der Waals surface area contributed by atoms with Crippen molar-refractivity contribution in [2.45, 2.75) is 26.7 Å². The van der Waals surface area contributed by atoms with Crippen molar-refractivity contribution in [3.8, 4) is 0 Å². The smallest absolute Gasteiger partial charge is 0.329 e. The number of nitrogens with one attached hydrogen (secondary N) is 2. The second-order valence-corrected chi connectivity index (χ2v) is 4.63. The Kier molecular flexibility index (Phi) is 2.87. The molecule has 92 valence electrons. The molecule has 0 saturated heterocycles. The number of rotatable bonds is 3. The molecule has 0 aliphatic rings. The van der Waals surface area contributed by atoms with Gasteiger partial charge in [0.05, 0.1) is 0 Å². The third-order valence-electron chi connectivity index (χ3n) is 2.76. The Labute approximate surface area is 97.7 Å². The maximum atomic E-state index is 11.6. The van der Waals surface area contributed by atoms with Crippen LogP contribution in [0.1, 0.15) is 26.1 Å². The first-order chi connectivity index (χ1) is 7.99. The van der Waals surface area contributed by atoms with Crippen molar-refractivity contribution in [3.63, 3.8) is 0 Å². The van der Waals surface area contributed by atoms with Gasteiger partial charge in [-0.25, -0.2) is 9.78 Å². The second-order valence-electron chi connectivity index (χ2n) is 4.63. The van der Waals surface area contributed by atoms with Crippen LogP contribution in [0.15, 0.2) is 9.59 Å². The van der Waals surface area contributed by atoms with Crippen LogP contribution in [0.2, 0.25) is 0 Å². The van der Waals surface area contributed by atoms with E-state index in [9.17, 15) is 9.59 Å². The first-order valence-corrected chi connectivity index (χ1v) is 5.67. The van der Waals surface area contributed by atoms with Gasteiger partial charge in [-0.15, -0.1) is 0 Å². The van der Waals surface area contributed by atoms with Gasteiger partial charge in [-0.05, 0) is 12.3 Å². The van der Waals surface area contributed by atoms with E-state index in [4.69, 9.17) is 0 Å². The van der Waals surface area contributed by atoms with Gasteiger partial charge in [0.2, 0.25) is 0 Å². The lowest BCUT2D eigenvalue weighted by atomic mass is 10.1. The summed E-state index contributed by atoms with van der Waals surface area (Å²) in [7, 11) is 1.59. The van der Waals surface area contributed by atoms with Gasteiger partial charge in [-0.1, -0.05) is 13.8 Å². The minimum Gasteiger partial charge on any atom is -0.336 e. The Bertz CT molecular complexity index is 648. The van der Waals surface area contributed by atoms with E-state index in [0.29, 0.717) is 17.1 Å². The van der Waals surface area contributed by atoms with Crippen molar-refractivity contribution in [3.05, 3.63) is 26.7 Å². The van der Waals surface area contributed by atoms with E-state index >= 15 is 0 Å². The monoisotopic (exact) mass is 236 g/mol. The molecule has 2 heterocycles. The van der Waals surface area contributed by atoms with E-state index in [2.05, 4.69) is 28.8 Å². The molecule has 6 heteroatoms. The molecule has 0 amide bonds. The van der Waals surface area contributed by atoms with Crippen molar-refractivity contribution in [2.24, 2.45) is 13.0 Å². The summed E-state index contributed by atoms with van der Waals surface area (Å²) in [6.45, 7) is 4.26. The van der Waals surface area contributed by atoms with Crippen LogP contribution in [-0.2, 0) is 13.5 Å². The molecular weight excluding hydrogens is 220 g/mol. The highest BCUT2D eigenvalue weighted by atomic mass is 16.2. The van der Waals surface area contributed by atoms with Gasteiger partial charge in [0.25, 0.3) is 5.56 Å². The number of nitrogens with zero attached hydrogens (tertiary/aromatic N) is 2. The molecule has 2 aromatic heterocycles. The topological polar surface area (TPSA) is 83.5 Å². The fraction of sp³-hybridized carbons (Fsp3) is 0.545. The number of hydrogen-bond donors (Lipinski definition) is 2. The highest BCUT2D eigenvalue weighted by Crippen LogP contribution is 2.09. The van der Waals surface area contributed by atoms with Gasteiger partial charge in [0, 0.05) is 13.5 Å². The van der Waals surface area contributed by atoms with Crippen molar-refractivity contribution in [2.75, 3.05) is 0 Å². The predicted molar refractivity (Wildman–Crippen MR) is 65.1 cm³/mol. The molecular formula is C11H16N4O2. The van der Waals surface area contributed by atoms with E-state index in [1.54, 1.807) is 7.05 Å². The lowest BCUT2D eigenvalue weighted by molar-refractivity contribution is 0.577. The Morgan fingerprint density at radius 3 is 2.65 bits per heavy atom. The number of aromatic nitrogens is 4. The Morgan fingerprint density at radius 1 is 1.29 bits per heavy atom. The first-order valence-electron chi connectivity index (χ1n) is 5.67. The maximum absolute atomic E-state index is 11.6. The molecule has 0 aromatic carbocycles. The van der Waals surface area contributed by atoms with Crippen molar-refractivity contribution in [1.29, 1.82) is 0 Å². The summed E-state index contributed by atoms with van der Waals surface area (Å²) in [4.78, 5) is 32.5. The van der Waals surface area contributed by atoms with Crippen LogP contribution in [0, 0.1) is 5.92 Å². The Balaban J connectivity index is 2.50. The molecule has 6 nitrogen and oxygen atoms in total. The number of hydrogen-bond acceptors (Lipinski definition) is 3. The lowest BCUT2D eigenvalue weighted by Crippen LogP contribution is -2.28. The van der Waals surface area contributed by atoms with Crippen LogP contribution >= 0.6 is 0 Å². The molecule has 0 aliphatic heterocycles. The minimum absolute atomic E-state index is 0.367. The highest BCUT2D eigenvalue weighted by molar-refractivity contribution is 5.69. The Hall–Kier alpha value is -1.85. The van der Waals surface area contributed by atoms with E-state index in [-0.39, 0.29) is 0 Å². The van der Waals surface area contributed by atoms with Crippen LogP contribution < -0.4 is 11.2 Å². The van der Waals surface area contributed by atoms with Crippen LogP contribution in [0.25, 0.3) is 11.2 Å². The van der Waals surface area contributed by atoms with Crippen LogP contribution in [0.4, 0.5) is 0 Å². The second kappa shape index (κ2) is 4.20. The van der Waals surface area contributed by atoms with Gasteiger partial charge in [0.1, 0.15) is 11.3 Å². The number of imidazole rings is 1. The summed E-state index contributed by atoms with van der Waals surface area (Å²) in [5, 5.41) is 0. The summed E-state index contributed by atoms with van der Waals surface area (Å²) in [5.41, 5.74) is -0.0702. The predicted octanol–water partition coefficient (Wildman–Crippen LogP) is 0.538. The van der Waals surface area contributed by atoms with E-state index in [0.717, 1.165) is 18.7 Å². The van der Waals surface area contributed by atoms with Gasteiger partial charge >= 0.3 is 5.69 Å². The molecule has 0 radical (unpaired) electrons. The molecule has 2 rings (SSSR count). The molecule has 0 bridgehead atoms. The van der Waals surface area contributed by atoms with Crippen LogP contribution in [-0.4, -0.2) is 19.5 Å². The molecule has 0 unspecified atom stereocenters. The lowest BCUT2D eigenvalue weighted by Gasteiger charge is -2.00. The molecule has 0 aliphatic carbocycles. The first kappa shape index (κ1) is 11.6. The molecule has 2 aromatic rings. The molecule has 2 N–H and O–H groups in total.